The van der Waals surface area contributed by atoms with E-state index in [1.54, 1.807) is 6.92 Å². The van der Waals surface area contributed by atoms with Gasteiger partial charge in [0.1, 0.15) is 12.4 Å². The molecule has 1 aliphatic heterocycles. The number of hydrogen-bond donors (Lipinski definition) is 0. The summed E-state index contributed by atoms with van der Waals surface area (Å²) in [6.45, 7) is 5.90. The van der Waals surface area contributed by atoms with E-state index in [1.807, 2.05) is 6.92 Å². The largest absolute Gasteiger partial charge is 0.463 e. The molecule has 166 valence electrons. The fourth-order valence-electron chi connectivity index (χ4n) is 3.15. The summed E-state index contributed by atoms with van der Waals surface area (Å²) in [6.07, 6.45) is -5.93. The number of ether oxygens (including phenoxy) is 4. The first-order valence-electron chi connectivity index (χ1n) is 9.20. The molecule has 1 saturated heterocycles. The number of nitrogens with zero attached hydrogens (tertiary/aromatic N) is 1. The second kappa shape index (κ2) is 9.79. The van der Waals surface area contributed by atoms with Crippen molar-refractivity contribution in [3.05, 3.63) is 33.9 Å². The molecule has 9 nitrogen and oxygen atoms in total. The molecule has 0 N–H and O–H groups in total. The lowest BCUT2D eigenvalue weighted by Crippen LogP contribution is -2.54. The van der Waals surface area contributed by atoms with E-state index in [4.69, 9.17) is 18.9 Å². The van der Waals surface area contributed by atoms with Gasteiger partial charge >= 0.3 is 11.9 Å². The molecule has 11 heteroatoms. The molecule has 0 bridgehead atoms. The van der Waals surface area contributed by atoms with Crippen molar-refractivity contribution in [1.29, 1.82) is 0 Å². The highest BCUT2D eigenvalue weighted by atomic mass is 19.3. The third-order valence-corrected chi connectivity index (χ3v) is 4.95. The van der Waals surface area contributed by atoms with E-state index in [9.17, 15) is 28.5 Å². The molecule has 1 aromatic rings. The highest BCUT2D eigenvalue weighted by Gasteiger charge is 2.45. The fraction of sp³-hybridized carbons (Fsp3) is 0.579. The monoisotopic (exact) mass is 431 g/mol. The second-order valence-corrected chi connectivity index (χ2v) is 7.04. The van der Waals surface area contributed by atoms with Crippen molar-refractivity contribution >= 4 is 17.6 Å². The van der Waals surface area contributed by atoms with Gasteiger partial charge in [-0.15, -0.1) is 0 Å². The molecule has 1 aliphatic rings. The number of esters is 2. The third kappa shape index (κ3) is 5.62. The summed E-state index contributed by atoms with van der Waals surface area (Å²) in [5.74, 6) is -2.03. The number of nitro benzene ring substituents is 1. The maximum absolute atomic E-state index is 13.5. The molecular weight excluding hydrogens is 408 g/mol. The van der Waals surface area contributed by atoms with Crippen molar-refractivity contribution in [3.63, 3.8) is 0 Å². The summed E-state index contributed by atoms with van der Waals surface area (Å²) < 4.78 is 48.6. The molecule has 1 aromatic carbocycles. The normalized spacial score (nSPS) is 26.2. The number of hydrogen-bond acceptors (Lipinski definition) is 8. The van der Waals surface area contributed by atoms with Crippen molar-refractivity contribution in [2.24, 2.45) is 11.8 Å². The quantitative estimate of drug-likeness (QED) is 0.367. The zero-order valence-corrected chi connectivity index (χ0v) is 16.9. The number of carbonyl (C=O) groups excluding carboxylic acids is 2. The molecule has 0 aliphatic carbocycles. The Morgan fingerprint density at radius 2 is 1.87 bits per heavy atom. The molecule has 0 amide bonds. The van der Waals surface area contributed by atoms with Gasteiger partial charge in [-0.3, -0.25) is 19.7 Å². The highest BCUT2D eigenvalue weighted by Crippen LogP contribution is 2.38. The number of alkyl halides is 2. The minimum atomic E-state index is -3.05. The Morgan fingerprint density at radius 1 is 1.20 bits per heavy atom. The van der Waals surface area contributed by atoms with E-state index in [0.29, 0.717) is 6.07 Å². The highest BCUT2D eigenvalue weighted by molar-refractivity contribution is 5.66. The molecule has 2 unspecified atom stereocenters. The Kier molecular flexibility index (Phi) is 7.65. The Balaban J connectivity index is 2.35. The van der Waals surface area contributed by atoms with Crippen LogP contribution in [0.5, 0.6) is 5.75 Å². The average Bonchev–Trinajstić information content (AvgIpc) is 2.66. The smallest absolute Gasteiger partial charge is 0.303 e. The lowest BCUT2D eigenvalue weighted by molar-refractivity contribution is -0.385. The lowest BCUT2D eigenvalue weighted by Gasteiger charge is -2.43. The minimum Gasteiger partial charge on any atom is -0.463 e. The van der Waals surface area contributed by atoms with Crippen LogP contribution in [0.4, 0.5) is 14.5 Å². The molecule has 30 heavy (non-hydrogen) atoms. The van der Waals surface area contributed by atoms with Crippen LogP contribution >= 0.6 is 0 Å². The van der Waals surface area contributed by atoms with Crippen LogP contribution in [0.15, 0.2) is 18.2 Å². The summed E-state index contributed by atoms with van der Waals surface area (Å²) >= 11 is 0. The summed E-state index contributed by atoms with van der Waals surface area (Å²) in [7, 11) is 0. The third-order valence-electron chi connectivity index (χ3n) is 4.95. The van der Waals surface area contributed by atoms with E-state index >= 15 is 0 Å². The van der Waals surface area contributed by atoms with Crippen LogP contribution in [-0.2, 0) is 23.8 Å². The predicted octanol–water partition coefficient (Wildman–Crippen LogP) is 3.40. The van der Waals surface area contributed by atoms with Gasteiger partial charge in [0.05, 0.1) is 16.6 Å². The van der Waals surface area contributed by atoms with Gasteiger partial charge in [-0.05, 0) is 12.0 Å². The summed E-state index contributed by atoms with van der Waals surface area (Å²) in [6, 6.07) is 2.77. The zero-order valence-electron chi connectivity index (χ0n) is 16.9. The van der Waals surface area contributed by atoms with Crippen LogP contribution in [0.3, 0.4) is 0 Å². The maximum atomic E-state index is 13.5. The number of nitro groups is 1. The van der Waals surface area contributed by atoms with Crippen LogP contribution in [0.2, 0.25) is 0 Å². The zero-order chi connectivity index (χ0) is 22.6. The molecule has 0 spiro atoms. The van der Waals surface area contributed by atoms with Crippen molar-refractivity contribution in [2.45, 2.75) is 52.6 Å². The van der Waals surface area contributed by atoms with E-state index in [0.717, 1.165) is 12.1 Å². The first kappa shape index (κ1) is 23.5. The van der Waals surface area contributed by atoms with Gasteiger partial charge < -0.3 is 18.9 Å². The van der Waals surface area contributed by atoms with Gasteiger partial charge in [-0.25, -0.2) is 8.78 Å². The average molecular weight is 431 g/mol. The maximum Gasteiger partial charge on any atom is 0.303 e. The van der Waals surface area contributed by atoms with Crippen LogP contribution in [0, 0.1) is 22.0 Å². The number of carbonyl (C=O) groups is 2. The van der Waals surface area contributed by atoms with Gasteiger partial charge in [-0.1, -0.05) is 13.8 Å². The summed E-state index contributed by atoms with van der Waals surface area (Å²) in [5, 5.41) is 10.9. The van der Waals surface area contributed by atoms with Crippen LogP contribution in [0.25, 0.3) is 0 Å². The van der Waals surface area contributed by atoms with Gasteiger partial charge in [-0.2, -0.15) is 0 Å². The van der Waals surface area contributed by atoms with E-state index < -0.39 is 53.0 Å². The van der Waals surface area contributed by atoms with Gasteiger partial charge in [0.25, 0.3) is 12.1 Å². The molecule has 1 fully saturated rings. The summed E-state index contributed by atoms with van der Waals surface area (Å²) in [5.41, 5.74) is -1.22. The topological polar surface area (TPSA) is 114 Å². The van der Waals surface area contributed by atoms with E-state index in [1.165, 1.54) is 13.8 Å². The van der Waals surface area contributed by atoms with Crippen LogP contribution in [-0.4, -0.2) is 42.0 Å². The van der Waals surface area contributed by atoms with Crippen LogP contribution in [0.1, 0.15) is 39.7 Å². The number of halogens is 2. The molecule has 2 rings (SSSR count). The number of benzene rings is 1. The summed E-state index contributed by atoms with van der Waals surface area (Å²) in [4.78, 5) is 32.8. The van der Waals surface area contributed by atoms with Crippen molar-refractivity contribution in [2.75, 3.05) is 6.61 Å². The second-order valence-electron chi connectivity index (χ2n) is 7.04. The van der Waals surface area contributed by atoms with Crippen LogP contribution < -0.4 is 4.74 Å². The molecule has 1 heterocycles. The molecule has 0 radical (unpaired) electrons. The van der Waals surface area contributed by atoms with E-state index in [2.05, 4.69) is 0 Å². The number of non-ortho nitro benzene ring substituents is 1. The van der Waals surface area contributed by atoms with Gasteiger partial charge in [0.2, 0.25) is 6.29 Å². The fourth-order valence-corrected chi connectivity index (χ4v) is 3.15. The molecule has 0 saturated carbocycles. The molecule has 0 aromatic heterocycles. The van der Waals surface area contributed by atoms with Crippen molar-refractivity contribution in [3.8, 4) is 5.75 Å². The first-order valence-corrected chi connectivity index (χ1v) is 9.20. The molecule has 5 atom stereocenters. The number of rotatable bonds is 7. The Morgan fingerprint density at radius 3 is 2.40 bits per heavy atom. The SMILES string of the molecule is CC(=O)OCC1O[C@@H](Oc2ccc([N+](=O)[O-])cc2C(F)F)C(OC(C)=O)[C@@H](C)[C@H]1C. The Hall–Kier alpha value is -2.82. The van der Waals surface area contributed by atoms with Gasteiger partial charge in [0, 0.05) is 31.9 Å². The predicted molar refractivity (Wildman–Crippen MR) is 97.9 cm³/mol. The van der Waals surface area contributed by atoms with Gasteiger partial charge in [0.15, 0.2) is 6.10 Å². The van der Waals surface area contributed by atoms with E-state index in [-0.39, 0.29) is 24.2 Å². The Bertz CT molecular complexity index is 801. The minimum absolute atomic E-state index is 0.102. The van der Waals surface area contributed by atoms with Crippen molar-refractivity contribution in [1.82, 2.24) is 0 Å². The Labute approximate surface area is 171 Å². The standard InChI is InChI=1S/C19H23F2NO8/c1-9-10(2)17(28-12(4)24)19(30-16(9)8-27-11(3)23)29-15-6-5-13(22(25)26)7-14(15)18(20)21/h5-7,9-10,16-19H,8H2,1-4H3/t9-,10+,16?,17?,19-/m1/s1. The lowest BCUT2D eigenvalue weighted by atomic mass is 9.83. The van der Waals surface area contributed by atoms with Crippen molar-refractivity contribution < 1.29 is 42.2 Å². The molecular formula is C19H23F2NO8. The first-order chi connectivity index (χ1) is 14.0.